The molecule has 7 aliphatic rings. The number of carbonyl (C=O) groups excluding carboxylic acids is 3. The molecule has 0 spiro atoms. The fourth-order valence-electron chi connectivity index (χ4n) is 11.5. The van der Waals surface area contributed by atoms with E-state index in [4.69, 9.17) is 71.0 Å². The minimum Gasteiger partial charge on any atom is -0.496 e. The number of rotatable bonds is 14. The van der Waals surface area contributed by atoms with Crippen molar-refractivity contribution in [1.29, 1.82) is 0 Å². The van der Waals surface area contributed by atoms with Gasteiger partial charge in [0, 0.05) is 94.8 Å². The van der Waals surface area contributed by atoms with Gasteiger partial charge in [0.2, 0.25) is 5.95 Å². The van der Waals surface area contributed by atoms with Crippen LogP contribution in [-0.2, 0) is 11.2 Å². The number of fused-ring (bicyclic) bond motifs is 6. The number of nitrogens with zero attached hydrogens (tertiary/aromatic N) is 4. The summed E-state index contributed by atoms with van der Waals surface area (Å²) in [5, 5.41) is 13.7. The molecule has 11 rings (SSSR count). The topological polar surface area (TPSA) is 270 Å². The van der Waals surface area contributed by atoms with E-state index in [0.29, 0.717) is 103 Å². The first-order valence-electron chi connectivity index (χ1n) is 26.8. The number of nitrogens with two attached hydrogens (primary N) is 3. The zero-order valence-electron chi connectivity index (χ0n) is 45.2. The monoisotopic (exact) mass is 1140 g/mol. The number of aromatic amines is 1. The Labute approximate surface area is 471 Å². The first kappa shape index (κ1) is 58.4. The van der Waals surface area contributed by atoms with E-state index in [1.807, 2.05) is 13.8 Å². The predicted molar refractivity (Wildman–Crippen MR) is 306 cm³/mol. The standard InChI is InChI=1S/C24H33ClN6O4.C16H22ClN3O2.C15H20ClN3O2/c1-24(2)12-15-20(26)16(25)11-14(21(15)35-24)22(33)29-17-6-10-31(13-18(17)34-3)9-4-7-27-23-28-8-5-19(32)30-23;1-22-15-8-13(18)12(17)7-11(15)16(21)19-14-4-6-20-5-2-3-10(14)9-20;1-21-14-7-12(17)11(16)6-10(14)15(20)18-13-8-19-4-2-9(13)3-5-19/h5,8,11,17-18H,4,6-7,9-10,12-13,26H2,1-3H3,(H,29,33)(H2,27,28,30,32);7-8,10,14H,2-6,9,18H2,1H3,(H,19,21);6-7,9,13H,2-5,8,17H2,1H3,(H,18,20)/t;10-,14?;/m.1./s1. The number of methoxy groups -OCH3 is 3. The number of hydrogen-bond acceptors (Lipinski definition) is 16. The molecule has 11 N–H and O–H groups in total. The summed E-state index contributed by atoms with van der Waals surface area (Å²) in [7, 11) is 4.71. The van der Waals surface area contributed by atoms with Crippen LogP contribution in [0.1, 0.15) is 95.4 Å². The molecule has 6 fully saturated rings. The molecule has 4 bridgehead atoms. The summed E-state index contributed by atoms with van der Waals surface area (Å²) in [6.07, 6.45) is 9.26. The number of anilines is 4. The molecule has 7 aliphatic heterocycles. The van der Waals surface area contributed by atoms with E-state index in [0.717, 1.165) is 83.5 Å². The highest BCUT2D eigenvalue weighted by molar-refractivity contribution is 6.34. The smallest absolute Gasteiger partial charge is 0.255 e. The third-order valence-corrected chi connectivity index (χ3v) is 16.7. The summed E-state index contributed by atoms with van der Waals surface area (Å²) in [6.45, 7) is 13.6. The highest BCUT2D eigenvalue weighted by Crippen LogP contribution is 2.44. The number of halogens is 3. The number of ether oxygens (including phenoxy) is 4. The Morgan fingerprint density at radius 3 is 1.94 bits per heavy atom. The molecule has 23 heteroatoms. The fourth-order valence-corrected chi connectivity index (χ4v) is 12.1. The van der Waals surface area contributed by atoms with Crippen molar-refractivity contribution in [2.75, 3.05) is 109 Å². The molecule has 0 radical (unpaired) electrons. The first-order chi connectivity index (χ1) is 37.3. The van der Waals surface area contributed by atoms with Crippen molar-refractivity contribution in [3.63, 3.8) is 0 Å². The van der Waals surface area contributed by atoms with Gasteiger partial charge in [0.1, 0.15) is 22.8 Å². The maximum absolute atomic E-state index is 13.3. The van der Waals surface area contributed by atoms with Crippen molar-refractivity contribution in [2.24, 2.45) is 11.8 Å². The van der Waals surface area contributed by atoms with E-state index < -0.39 is 5.60 Å². The maximum atomic E-state index is 13.3. The molecule has 0 saturated carbocycles. The second-order valence-corrected chi connectivity index (χ2v) is 22.8. The normalized spacial score (nSPS) is 24.6. The lowest BCUT2D eigenvalue weighted by Crippen LogP contribution is -2.57. The van der Waals surface area contributed by atoms with Gasteiger partial charge in [0.25, 0.3) is 23.3 Å². The molecule has 6 saturated heterocycles. The number of aromatic nitrogens is 2. The molecule has 8 heterocycles. The van der Waals surface area contributed by atoms with Crippen LogP contribution in [0.15, 0.2) is 47.4 Å². The number of likely N-dealkylation sites (tertiary alicyclic amines) is 1. The average molecular weight is 1140 g/mol. The molecule has 3 aromatic carbocycles. The zero-order chi connectivity index (χ0) is 55.8. The van der Waals surface area contributed by atoms with Crippen molar-refractivity contribution < 1.29 is 33.3 Å². The number of nitrogen functional groups attached to an aromatic ring is 3. The van der Waals surface area contributed by atoms with Gasteiger partial charge < -0.3 is 72.1 Å². The Morgan fingerprint density at radius 2 is 1.32 bits per heavy atom. The van der Waals surface area contributed by atoms with Crippen molar-refractivity contribution in [2.45, 2.75) is 95.0 Å². The number of hydrogen-bond donors (Lipinski definition) is 8. The van der Waals surface area contributed by atoms with Crippen LogP contribution in [0.3, 0.4) is 0 Å². The number of amides is 3. The Balaban J connectivity index is 0.000000162. The molecule has 424 valence electrons. The van der Waals surface area contributed by atoms with Gasteiger partial charge in [-0.3, -0.25) is 24.2 Å². The van der Waals surface area contributed by atoms with Gasteiger partial charge in [-0.05, 0) is 115 Å². The molecule has 78 heavy (non-hydrogen) atoms. The summed E-state index contributed by atoms with van der Waals surface area (Å²) in [6, 6.07) is 9.61. The summed E-state index contributed by atoms with van der Waals surface area (Å²) >= 11 is 18.4. The predicted octanol–water partition coefficient (Wildman–Crippen LogP) is 5.94. The third kappa shape index (κ3) is 14.3. The fraction of sp³-hybridized carbons (Fsp3) is 0.545. The molecule has 20 nitrogen and oxygen atoms in total. The largest absolute Gasteiger partial charge is 0.496 e. The van der Waals surface area contributed by atoms with Crippen LogP contribution < -0.4 is 58.2 Å². The van der Waals surface area contributed by atoms with E-state index in [9.17, 15) is 19.2 Å². The highest BCUT2D eigenvalue weighted by atomic mass is 35.5. The molecule has 4 aromatic rings. The van der Waals surface area contributed by atoms with Gasteiger partial charge >= 0.3 is 0 Å². The first-order valence-corrected chi connectivity index (χ1v) is 27.9. The van der Waals surface area contributed by atoms with Crippen molar-refractivity contribution in [1.82, 2.24) is 40.6 Å². The highest BCUT2D eigenvalue weighted by Gasteiger charge is 2.39. The number of piperidine rings is 6. The average Bonchev–Trinajstić information content (AvgIpc) is 3.88. The van der Waals surface area contributed by atoms with Crippen molar-refractivity contribution in [3.8, 4) is 17.2 Å². The summed E-state index contributed by atoms with van der Waals surface area (Å²) in [4.78, 5) is 63.7. The van der Waals surface area contributed by atoms with Gasteiger partial charge in [-0.25, -0.2) is 4.98 Å². The van der Waals surface area contributed by atoms with E-state index in [-0.39, 0.29) is 47.5 Å². The molecule has 5 unspecified atom stereocenters. The molecule has 1 aromatic heterocycles. The molecular formula is C55H75Cl3N12O8. The summed E-state index contributed by atoms with van der Waals surface area (Å²) in [5.74, 6) is 2.50. The van der Waals surface area contributed by atoms with Crippen molar-refractivity contribution >= 4 is 75.5 Å². The lowest BCUT2D eigenvalue weighted by Gasteiger charge is -2.44. The number of H-pyrrole nitrogens is 1. The zero-order valence-corrected chi connectivity index (χ0v) is 47.4. The maximum Gasteiger partial charge on any atom is 0.255 e. The quantitative estimate of drug-likeness (QED) is 0.0536. The minimum absolute atomic E-state index is 0.136. The molecule has 6 atom stereocenters. The van der Waals surface area contributed by atoms with Gasteiger partial charge in [-0.15, -0.1) is 0 Å². The van der Waals surface area contributed by atoms with E-state index in [1.54, 1.807) is 37.4 Å². The Hall–Kier alpha value is -5.74. The van der Waals surface area contributed by atoms with Gasteiger partial charge in [0.05, 0.1) is 75.2 Å². The van der Waals surface area contributed by atoms with Crippen molar-refractivity contribution in [3.05, 3.63) is 90.3 Å². The van der Waals surface area contributed by atoms with Crippen LogP contribution in [0.4, 0.5) is 23.0 Å². The Morgan fingerprint density at radius 1 is 0.731 bits per heavy atom. The molecule has 3 amide bonds. The van der Waals surface area contributed by atoms with Crippen LogP contribution >= 0.6 is 34.8 Å². The lowest BCUT2D eigenvalue weighted by atomic mass is 9.84. The lowest BCUT2D eigenvalue weighted by molar-refractivity contribution is 0.00634. The van der Waals surface area contributed by atoms with Crippen LogP contribution in [0.25, 0.3) is 0 Å². The minimum atomic E-state index is -0.447. The van der Waals surface area contributed by atoms with Gasteiger partial charge in [-0.2, -0.15) is 0 Å². The summed E-state index contributed by atoms with van der Waals surface area (Å²) < 4.78 is 22.3. The number of benzene rings is 3. The molecular weight excluding hydrogens is 1060 g/mol. The number of nitrogens with one attached hydrogen (secondary N) is 5. The Kier molecular flexibility index (Phi) is 19.5. The number of carbonyl (C=O) groups is 3. The van der Waals surface area contributed by atoms with Crippen LogP contribution in [-0.4, -0.2) is 159 Å². The van der Waals surface area contributed by atoms with E-state index in [2.05, 4.69) is 45.9 Å². The second kappa shape index (κ2) is 26.0. The van der Waals surface area contributed by atoms with Crippen LogP contribution in [0, 0.1) is 11.8 Å². The van der Waals surface area contributed by atoms with Crippen LogP contribution in [0.5, 0.6) is 17.2 Å². The molecule has 0 aliphatic carbocycles. The van der Waals surface area contributed by atoms with Crippen LogP contribution in [0.2, 0.25) is 15.1 Å². The van der Waals surface area contributed by atoms with E-state index in [1.165, 1.54) is 45.9 Å². The SMILES string of the molecule is COC1CN(CCCNc2nccc(=O)[nH]2)CCC1NC(=O)c1cc(Cl)c(N)c2c1OC(C)(C)C2.COc1cc(N)c(Cl)cc1C(=O)NC1CCN2CCC[C@@H]1C2.COc1cc(N)c(Cl)cc1C(=O)NC1CN2CCC1CC2. The third-order valence-electron chi connectivity index (χ3n) is 15.8. The summed E-state index contributed by atoms with van der Waals surface area (Å²) in [5.41, 5.74) is 20.4. The van der Waals surface area contributed by atoms with Gasteiger partial charge in [0.15, 0.2) is 0 Å². The Bertz CT molecular complexity index is 2850. The van der Waals surface area contributed by atoms with E-state index >= 15 is 0 Å². The van der Waals surface area contributed by atoms with Gasteiger partial charge in [-0.1, -0.05) is 34.8 Å². The second-order valence-electron chi connectivity index (χ2n) is 21.6.